The molecule has 7 heteroatoms. The molecule has 4 rings (SSSR count). The first-order valence-electron chi connectivity index (χ1n) is 8.07. The van der Waals surface area contributed by atoms with Gasteiger partial charge in [0.05, 0.1) is 18.1 Å². The van der Waals surface area contributed by atoms with E-state index in [9.17, 15) is 4.79 Å². The lowest BCUT2D eigenvalue weighted by atomic mass is 10.2. The molecule has 1 amide bonds. The van der Waals surface area contributed by atoms with Gasteiger partial charge in [0.1, 0.15) is 11.4 Å². The predicted octanol–water partition coefficient (Wildman–Crippen LogP) is 2.49. The summed E-state index contributed by atoms with van der Waals surface area (Å²) in [5, 5.41) is 6.69. The Hall–Kier alpha value is -2.25. The number of ether oxygens (including phenoxy) is 1. The molecule has 3 aromatic rings. The molecule has 0 radical (unpaired) electrons. The van der Waals surface area contributed by atoms with E-state index in [2.05, 4.69) is 17.0 Å². The molecule has 3 aromatic heterocycles. The average molecular weight is 342 g/mol. The van der Waals surface area contributed by atoms with Crippen molar-refractivity contribution in [2.45, 2.75) is 13.3 Å². The zero-order chi connectivity index (χ0) is 16.5. The van der Waals surface area contributed by atoms with Crippen molar-refractivity contribution in [3.05, 3.63) is 41.0 Å². The highest BCUT2D eigenvalue weighted by Crippen LogP contribution is 2.25. The Balaban J connectivity index is 1.75. The molecular weight excluding hydrogens is 324 g/mol. The number of carbonyl (C=O) groups is 1. The standard InChI is InChI=1S/C17H18N4O2S/c1-2-12-10-14(17(22)20-5-7-23-8-6-20)18-16-11-13(19-21(12)16)15-4-3-9-24-15/h3-4,9-11H,2,5-8H2,1H3. The fourth-order valence-electron chi connectivity index (χ4n) is 2.87. The van der Waals surface area contributed by atoms with Crippen LogP contribution in [0.3, 0.4) is 0 Å². The van der Waals surface area contributed by atoms with Gasteiger partial charge in [-0.05, 0) is 23.9 Å². The van der Waals surface area contributed by atoms with Crippen molar-refractivity contribution in [3.8, 4) is 10.6 Å². The quantitative estimate of drug-likeness (QED) is 0.734. The third-order valence-electron chi connectivity index (χ3n) is 4.15. The summed E-state index contributed by atoms with van der Waals surface area (Å²) in [6, 6.07) is 7.85. The lowest BCUT2D eigenvalue weighted by molar-refractivity contribution is 0.0299. The van der Waals surface area contributed by atoms with E-state index < -0.39 is 0 Å². The van der Waals surface area contributed by atoms with E-state index in [1.807, 2.05) is 34.2 Å². The van der Waals surface area contributed by atoms with Gasteiger partial charge in [-0.25, -0.2) is 9.50 Å². The van der Waals surface area contributed by atoms with E-state index >= 15 is 0 Å². The van der Waals surface area contributed by atoms with Crippen LogP contribution in [0, 0.1) is 0 Å². The molecule has 4 heterocycles. The maximum absolute atomic E-state index is 12.7. The van der Waals surface area contributed by atoms with Crippen LogP contribution in [0.4, 0.5) is 0 Å². The van der Waals surface area contributed by atoms with E-state index in [4.69, 9.17) is 4.74 Å². The topological polar surface area (TPSA) is 59.7 Å². The highest BCUT2D eigenvalue weighted by molar-refractivity contribution is 7.13. The molecule has 0 aliphatic carbocycles. The molecule has 0 atom stereocenters. The second-order valence-corrected chi connectivity index (χ2v) is 6.62. The minimum Gasteiger partial charge on any atom is -0.378 e. The largest absolute Gasteiger partial charge is 0.378 e. The second kappa shape index (κ2) is 6.33. The van der Waals surface area contributed by atoms with Gasteiger partial charge in [-0.15, -0.1) is 11.3 Å². The molecule has 0 saturated carbocycles. The first-order valence-corrected chi connectivity index (χ1v) is 8.95. The van der Waals surface area contributed by atoms with Gasteiger partial charge in [0.25, 0.3) is 5.91 Å². The van der Waals surface area contributed by atoms with Gasteiger partial charge in [0.2, 0.25) is 0 Å². The molecule has 124 valence electrons. The maximum Gasteiger partial charge on any atom is 0.272 e. The molecule has 0 aromatic carbocycles. The SMILES string of the molecule is CCc1cc(C(=O)N2CCOCC2)nc2cc(-c3cccs3)nn12. The maximum atomic E-state index is 12.7. The van der Waals surface area contributed by atoms with E-state index in [1.165, 1.54) is 0 Å². The first kappa shape index (κ1) is 15.3. The first-order chi connectivity index (χ1) is 11.8. The number of carbonyl (C=O) groups excluding carboxylic acids is 1. The Morgan fingerprint density at radius 3 is 2.88 bits per heavy atom. The van der Waals surface area contributed by atoms with Crippen LogP contribution >= 0.6 is 11.3 Å². The minimum absolute atomic E-state index is 0.0330. The summed E-state index contributed by atoms with van der Waals surface area (Å²) in [5.41, 5.74) is 3.08. The van der Waals surface area contributed by atoms with Crippen molar-refractivity contribution >= 4 is 22.9 Å². The Morgan fingerprint density at radius 2 is 2.17 bits per heavy atom. The van der Waals surface area contributed by atoms with Crippen molar-refractivity contribution < 1.29 is 9.53 Å². The molecule has 0 unspecified atom stereocenters. The number of aromatic nitrogens is 3. The number of nitrogens with zero attached hydrogens (tertiary/aromatic N) is 4. The number of rotatable bonds is 3. The zero-order valence-corrected chi connectivity index (χ0v) is 14.3. The van der Waals surface area contributed by atoms with Gasteiger partial charge in [-0.2, -0.15) is 5.10 Å². The molecular formula is C17H18N4O2S. The van der Waals surface area contributed by atoms with Crippen molar-refractivity contribution in [2.24, 2.45) is 0 Å². The Bertz CT molecular complexity index is 866. The van der Waals surface area contributed by atoms with Crippen molar-refractivity contribution in [1.29, 1.82) is 0 Å². The van der Waals surface area contributed by atoms with Crippen LogP contribution in [-0.2, 0) is 11.2 Å². The Morgan fingerprint density at radius 1 is 1.33 bits per heavy atom. The van der Waals surface area contributed by atoms with E-state index in [1.54, 1.807) is 16.2 Å². The van der Waals surface area contributed by atoms with Gasteiger partial charge in [0.15, 0.2) is 5.65 Å². The van der Waals surface area contributed by atoms with Gasteiger partial charge >= 0.3 is 0 Å². The van der Waals surface area contributed by atoms with Crippen molar-refractivity contribution in [2.75, 3.05) is 26.3 Å². The lowest BCUT2D eigenvalue weighted by Crippen LogP contribution is -2.41. The summed E-state index contributed by atoms with van der Waals surface area (Å²) in [7, 11) is 0. The van der Waals surface area contributed by atoms with Crippen molar-refractivity contribution in [1.82, 2.24) is 19.5 Å². The molecule has 1 fully saturated rings. The van der Waals surface area contributed by atoms with Crippen LogP contribution in [0.5, 0.6) is 0 Å². The summed E-state index contributed by atoms with van der Waals surface area (Å²) < 4.78 is 7.16. The molecule has 0 bridgehead atoms. The fourth-order valence-corrected chi connectivity index (χ4v) is 3.55. The Kier molecular flexibility index (Phi) is 4.03. The monoisotopic (exact) mass is 342 g/mol. The van der Waals surface area contributed by atoms with E-state index in [-0.39, 0.29) is 5.91 Å². The molecule has 1 aliphatic rings. The molecule has 24 heavy (non-hydrogen) atoms. The number of thiophene rings is 1. The van der Waals surface area contributed by atoms with Gasteiger partial charge in [0, 0.05) is 24.8 Å². The Labute approximate surface area is 143 Å². The zero-order valence-electron chi connectivity index (χ0n) is 13.4. The van der Waals surface area contributed by atoms with E-state index in [0.29, 0.717) is 37.6 Å². The molecule has 1 aliphatic heterocycles. The van der Waals surface area contributed by atoms with E-state index in [0.717, 1.165) is 22.7 Å². The summed E-state index contributed by atoms with van der Waals surface area (Å²) in [5.74, 6) is -0.0330. The number of amides is 1. The van der Waals surface area contributed by atoms with Crippen LogP contribution in [0.1, 0.15) is 23.1 Å². The number of hydrogen-bond donors (Lipinski definition) is 0. The van der Waals surface area contributed by atoms with Crippen LogP contribution in [-0.4, -0.2) is 51.7 Å². The highest BCUT2D eigenvalue weighted by Gasteiger charge is 2.21. The molecule has 0 N–H and O–H groups in total. The fraction of sp³-hybridized carbons (Fsp3) is 0.353. The summed E-state index contributed by atoms with van der Waals surface area (Å²) in [6.45, 7) is 4.47. The highest BCUT2D eigenvalue weighted by atomic mass is 32.1. The third-order valence-corrected chi connectivity index (χ3v) is 5.05. The van der Waals surface area contributed by atoms with Crippen molar-refractivity contribution in [3.63, 3.8) is 0 Å². The normalized spacial score (nSPS) is 15.1. The van der Waals surface area contributed by atoms with Gasteiger partial charge < -0.3 is 9.64 Å². The van der Waals surface area contributed by atoms with Crippen LogP contribution in [0.2, 0.25) is 0 Å². The number of fused-ring (bicyclic) bond motifs is 1. The lowest BCUT2D eigenvalue weighted by Gasteiger charge is -2.26. The third kappa shape index (κ3) is 2.70. The smallest absolute Gasteiger partial charge is 0.272 e. The summed E-state index contributed by atoms with van der Waals surface area (Å²) in [6.07, 6.45) is 0.786. The second-order valence-electron chi connectivity index (χ2n) is 5.67. The molecule has 6 nitrogen and oxygen atoms in total. The van der Waals surface area contributed by atoms with Crippen LogP contribution in [0.15, 0.2) is 29.6 Å². The number of hydrogen-bond acceptors (Lipinski definition) is 5. The summed E-state index contributed by atoms with van der Waals surface area (Å²) >= 11 is 1.65. The predicted molar refractivity (Wildman–Crippen MR) is 92.4 cm³/mol. The number of morpholine rings is 1. The number of aryl methyl sites for hydroxylation is 1. The minimum atomic E-state index is -0.0330. The van der Waals surface area contributed by atoms with Crippen LogP contribution < -0.4 is 0 Å². The van der Waals surface area contributed by atoms with Gasteiger partial charge in [-0.3, -0.25) is 4.79 Å². The van der Waals surface area contributed by atoms with Crippen LogP contribution in [0.25, 0.3) is 16.2 Å². The van der Waals surface area contributed by atoms with Gasteiger partial charge in [-0.1, -0.05) is 13.0 Å². The summed E-state index contributed by atoms with van der Waals surface area (Å²) in [4.78, 5) is 20.2. The average Bonchev–Trinajstić information content (AvgIpc) is 3.30. The molecule has 1 saturated heterocycles. The molecule has 0 spiro atoms.